The molecule has 4 nitrogen and oxygen atoms in total. The van der Waals surface area contributed by atoms with Gasteiger partial charge in [-0.2, -0.15) is 5.26 Å². The highest BCUT2D eigenvalue weighted by Gasteiger charge is 2.32. The highest BCUT2D eigenvalue weighted by atomic mass is 16.5. The van der Waals surface area contributed by atoms with Crippen LogP contribution in [0, 0.1) is 11.3 Å². The molecule has 0 fully saturated rings. The third kappa shape index (κ3) is 4.61. The molecule has 0 aliphatic heterocycles. The number of hydrogen-bond donors (Lipinski definition) is 1. The zero-order valence-electron chi connectivity index (χ0n) is 12.7. The minimum Gasteiger partial charge on any atom is -0.385 e. The molecule has 1 N–H and O–H groups in total. The number of methoxy groups -OCH3 is 1. The maximum atomic E-state index is 9.72. The average Bonchev–Trinajstić information content (AvgIpc) is 2.48. The fourth-order valence-corrected chi connectivity index (χ4v) is 2.38. The first-order valence-corrected chi connectivity index (χ1v) is 7.08. The maximum Gasteiger partial charge on any atom is 0.145 e. The van der Waals surface area contributed by atoms with Gasteiger partial charge in [0, 0.05) is 26.8 Å². The van der Waals surface area contributed by atoms with Gasteiger partial charge in [0.2, 0.25) is 0 Å². The van der Waals surface area contributed by atoms with E-state index in [1.54, 1.807) is 7.11 Å². The summed E-state index contributed by atoms with van der Waals surface area (Å²) in [5.74, 6) is 0. The summed E-state index contributed by atoms with van der Waals surface area (Å²) in [4.78, 5) is 2.18. The summed E-state index contributed by atoms with van der Waals surface area (Å²) in [5.41, 5.74) is 0.362. The maximum absolute atomic E-state index is 9.72. The number of nitrogens with one attached hydrogen (secondary N) is 1. The molecule has 0 bridgehead atoms. The van der Waals surface area contributed by atoms with Gasteiger partial charge in [-0.05, 0) is 25.6 Å². The molecule has 0 aromatic heterocycles. The molecule has 0 amide bonds. The number of hydrogen-bond acceptors (Lipinski definition) is 4. The van der Waals surface area contributed by atoms with Crippen LogP contribution < -0.4 is 5.32 Å². The van der Waals surface area contributed by atoms with Gasteiger partial charge >= 0.3 is 0 Å². The quantitative estimate of drug-likeness (QED) is 0.700. The van der Waals surface area contributed by atoms with Crippen molar-refractivity contribution in [3.63, 3.8) is 0 Å². The molecule has 0 aliphatic rings. The Bertz CT molecular complexity index is 415. The lowest BCUT2D eigenvalue weighted by Crippen LogP contribution is -2.49. The number of nitriles is 1. The molecule has 1 aromatic rings. The molecule has 1 unspecified atom stereocenters. The van der Waals surface area contributed by atoms with E-state index in [1.807, 2.05) is 44.3 Å². The predicted molar refractivity (Wildman–Crippen MR) is 81.4 cm³/mol. The number of nitrogens with zero attached hydrogens (tertiary/aromatic N) is 2. The van der Waals surface area contributed by atoms with Gasteiger partial charge in [0.25, 0.3) is 0 Å². The molecule has 0 saturated heterocycles. The molecule has 110 valence electrons. The van der Waals surface area contributed by atoms with Crippen molar-refractivity contribution < 1.29 is 4.74 Å². The van der Waals surface area contributed by atoms with Crippen LogP contribution in [-0.4, -0.2) is 45.3 Å². The molecule has 0 aliphatic carbocycles. The Morgan fingerprint density at radius 3 is 2.60 bits per heavy atom. The molecule has 1 rings (SSSR count). The second-order valence-corrected chi connectivity index (χ2v) is 5.00. The first kappa shape index (κ1) is 16.6. The topological polar surface area (TPSA) is 48.3 Å². The van der Waals surface area contributed by atoms with Crippen molar-refractivity contribution in [3.05, 3.63) is 35.9 Å². The smallest absolute Gasteiger partial charge is 0.145 e. The van der Waals surface area contributed by atoms with E-state index in [-0.39, 0.29) is 0 Å². The first-order chi connectivity index (χ1) is 9.68. The summed E-state index contributed by atoms with van der Waals surface area (Å²) in [6.45, 7) is 5.10. The predicted octanol–water partition coefficient (Wildman–Crippen LogP) is 1.98. The monoisotopic (exact) mass is 275 g/mol. The molecule has 20 heavy (non-hydrogen) atoms. The third-order valence-electron chi connectivity index (χ3n) is 3.33. The highest BCUT2D eigenvalue weighted by molar-refractivity contribution is 5.32. The molecular formula is C16H25N3O. The summed E-state index contributed by atoms with van der Waals surface area (Å²) >= 11 is 0. The van der Waals surface area contributed by atoms with Gasteiger partial charge in [-0.15, -0.1) is 0 Å². The lowest BCUT2D eigenvalue weighted by Gasteiger charge is -2.32. The van der Waals surface area contributed by atoms with Crippen molar-refractivity contribution in [1.29, 1.82) is 5.26 Å². The Balaban J connectivity index is 2.82. The van der Waals surface area contributed by atoms with E-state index in [9.17, 15) is 5.26 Å². The van der Waals surface area contributed by atoms with E-state index >= 15 is 0 Å². The second-order valence-electron chi connectivity index (χ2n) is 5.00. The van der Waals surface area contributed by atoms with E-state index in [0.717, 1.165) is 31.7 Å². The largest absolute Gasteiger partial charge is 0.385 e. The minimum atomic E-state index is -0.655. The van der Waals surface area contributed by atoms with Gasteiger partial charge in [0.15, 0.2) is 0 Å². The third-order valence-corrected chi connectivity index (χ3v) is 3.33. The van der Waals surface area contributed by atoms with Gasteiger partial charge in [0.05, 0.1) is 6.07 Å². The van der Waals surface area contributed by atoms with Crippen molar-refractivity contribution in [2.75, 3.05) is 40.4 Å². The van der Waals surface area contributed by atoms with Crippen LogP contribution in [0.15, 0.2) is 30.3 Å². The number of benzene rings is 1. The zero-order chi connectivity index (χ0) is 14.8. The van der Waals surface area contributed by atoms with Crippen molar-refractivity contribution in [2.45, 2.75) is 18.9 Å². The average molecular weight is 275 g/mol. The Morgan fingerprint density at radius 1 is 1.35 bits per heavy atom. The van der Waals surface area contributed by atoms with Gasteiger partial charge < -0.3 is 9.64 Å². The Labute approximate surface area is 122 Å². The summed E-state index contributed by atoms with van der Waals surface area (Å²) in [6.07, 6.45) is 0.968. The van der Waals surface area contributed by atoms with Crippen molar-refractivity contribution in [2.24, 2.45) is 0 Å². The van der Waals surface area contributed by atoms with E-state index in [2.05, 4.69) is 16.3 Å². The van der Waals surface area contributed by atoms with E-state index < -0.39 is 5.54 Å². The normalized spacial score (nSPS) is 13.9. The molecule has 1 aromatic carbocycles. The number of ether oxygens (including phenoxy) is 1. The van der Waals surface area contributed by atoms with Crippen LogP contribution in [-0.2, 0) is 10.3 Å². The van der Waals surface area contributed by atoms with Crippen molar-refractivity contribution >= 4 is 0 Å². The Hall–Kier alpha value is -1.41. The summed E-state index contributed by atoms with van der Waals surface area (Å²) in [7, 11) is 3.75. The van der Waals surface area contributed by atoms with Crippen molar-refractivity contribution in [3.8, 4) is 6.07 Å². The standard InChI is InChI=1S/C16H25N3O/c1-4-18-16(13-17,15-9-6-5-7-10-15)14-19(2)11-8-12-20-3/h5-7,9-10,18H,4,8,11-12,14H2,1-3H3. The van der Waals surface area contributed by atoms with Gasteiger partial charge in [-0.1, -0.05) is 37.3 Å². The summed E-state index contributed by atoms with van der Waals surface area (Å²) in [6, 6.07) is 12.4. The molecule has 0 radical (unpaired) electrons. The van der Waals surface area contributed by atoms with Crippen LogP contribution >= 0.6 is 0 Å². The van der Waals surface area contributed by atoms with Crippen LogP contribution in [0.2, 0.25) is 0 Å². The molecule has 4 heteroatoms. The zero-order valence-corrected chi connectivity index (χ0v) is 12.7. The molecular weight excluding hydrogens is 250 g/mol. The number of rotatable bonds is 9. The molecule has 1 atom stereocenters. The summed E-state index contributed by atoms with van der Waals surface area (Å²) < 4.78 is 5.07. The van der Waals surface area contributed by atoms with Gasteiger partial charge in [-0.25, -0.2) is 0 Å². The Morgan fingerprint density at radius 2 is 2.05 bits per heavy atom. The van der Waals surface area contributed by atoms with Gasteiger partial charge in [0.1, 0.15) is 5.54 Å². The van der Waals surface area contributed by atoms with Crippen molar-refractivity contribution in [1.82, 2.24) is 10.2 Å². The van der Waals surface area contributed by atoms with Crippen LogP contribution in [0.25, 0.3) is 0 Å². The minimum absolute atomic E-state index is 0.655. The van der Waals surface area contributed by atoms with E-state index in [4.69, 9.17) is 4.74 Å². The van der Waals surface area contributed by atoms with Gasteiger partial charge in [-0.3, -0.25) is 5.32 Å². The molecule has 0 saturated carbocycles. The number of likely N-dealkylation sites (N-methyl/N-ethyl adjacent to an activating group) is 2. The molecule has 0 spiro atoms. The summed E-state index contributed by atoms with van der Waals surface area (Å²) in [5, 5.41) is 13.1. The second kappa shape index (κ2) is 8.70. The van der Waals surface area contributed by atoms with E-state index in [1.165, 1.54) is 0 Å². The van der Waals surface area contributed by atoms with E-state index in [0.29, 0.717) is 6.54 Å². The fourth-order valence-electron chi connectivity index (χ4n) is 2.38. The van der Waals surface area contributed by atoms with Crippen LogP contribution in [0.5, 0.6) is 0 Å². The highest BCUT2D eigenvalue weighted by Crippen LogP contribution is 2.21. The lowest BCUT2D eigenvalue weighted by molar-refractivity contribution is 0.171. The fraction of sp³-hybridized carbons (Fsp3) is 0.562. The Kier molecular flexibility index (Phi) is 7.24. The lowest BCUT2D eigenvalue weighted by atomic mass is 9.90. The van der Waals surface area contributed by atoms with Crippen LogP contribution in [0.1, 0.15) is 18.9 Å². The first-order valence-electron chi connectivity index (χ1n) is 7.08. The van der Waals surface area contributed by atoms with Crippen LogP contribution in [0.3, 0.4) is 0 Å². The molecule has 0 heterocycles. The van der Waals surface area contributed by atoms with Crippen LogP contribution in [0.4, 0.5) is 0 Å². The SMILES string of the molecule is CCNC(C#N)(CN(C)CCCOC)c1ccccc1.